The molecule has 3 aromatic carbocycles. The summed E-state index contributed by atoms with van der Waals surface area (Å²) in [5, 5.41) is 1.99. The third-order valence-corrected chi connectivity index (χ3v) is 7.14. The Kier molecular flexibility index (Phi) is 2.90. The van der Waals surface area contributed by atoms with Crippen molar-refractivity contribution in [3.05, 3.63) is 66.6 Å². The summed E-state index contributed by atoms with van der Waals surface area (Å²) in [6, 6.07) is 10.3. The van der Waals surface area contributed by atoms with Crippen LogP contribution in [-0.4, -0.2) is 18.3 Å². The van der Waals surface area contributed by atoms with E-state index >= 15 is 0 Å². The highest BCUT2D eigenvalue weighted by molar-refractivity contribution is 7.27. The molecule has 0 amide bonds. The maximum Gasteiger partial charge on any atom is 0.496 e. The zero-order valence-corrected chi connectivity index (χ0v) is 17.1. The summed E-state index contributed by atoms with van der Waals surface area (Å²) >= 11 is 1.53. The third-order valence-electron chi connectivity index (χ3n) is 5.83. The van der Waals surface area contributed by atoms with Crippen molar-refractivity contribution in [3.63, 3.8) is 0 Å². The highest BCUT2D eigenvalue weighted by atomic mass is 32.1. The lowest BCUT2D eigenvalue weighted by Gasteiger charge is -2.32. The van der Waals surface area contributed by atoms with Gasteiger partial charge in [-0.2, -0.15) is 0 Å². The van der Waals surface area contributed by atoms with Gasteiger partial charge in [0.1, 0.15) is 0 Å². The average Bonchev–Trinajstić information content (AvgIpc) is 3.25. The molecule has 1 saturated heterocycles. The number of rotatable bonds is 2. The monoisotopic (exact) mass is 391 g/mol. The molecule has 0 radical (unpaired) electrons. The van der Waals surface area contributed by atoms with Gasteiger partial charge in [-0.15, -0.1) is 11.3 Å². The van der Waals surface area contributed by atoms with E-state index in [4.69, 9.17) is 16.2 Å². The van der Waals surface area contributed by atoms with Gasteiger partial charge in [-0.1, -0.05) is 66.6 Å². The van der Waals surface area contributed by atoms with Crippen molar-refractivity contribution >= 4 is 44.1 Å². The predicted octanol–water partition coefficient (Wildman–Crippen LogP) is 6.02. The van der Waals surface area contributed by atoms with E-state index in [0.717, 1.165) is 25.6 Å². The molecule has 0 saturated carbocycles. The maximum atomic E-state index is 8.44. The predicted molar refractivity (Wildman–Crippen MR) is 120 cm³/mol. The van der Waals surface area contributed by atoms with Crippen LogP contribution in [-0.2, 0) is 9.31 Å². The fourth-order valence-corrected chi connectivity index (χ4v) is 4.92. The first-order valence-corrected chi connectivity index (χ1v) is 10.1. The van der Waals surface area contributed by atoms with Crippen LogP contribution in [0.3, 0.4) is 0 Å². The van der Waals surface area contributed by atoms with Gasteiger partial charge in [0.15, 0.2) is 0 Å². The van der Waals surface area contributed by atoms with Crippen LogP contribution in [0.2, 0.25) is 0 Å². The van der Waals surface area contributed by atoms with Gasteiger partial charge in [0.25, 0.3) is 0 Å². The molecular weight excluding hydrogens is 363 g/mol. The molecule has 5 rings (SSSR count). The zero-order chi connectivity index (χ0) is 23.9. The van der Waals surface area contributed by atoms with Crippen LogP contribution in [0.25, 0.3) is 31.3 Å². The van der Waals surface area contributed by atoms with Crippen molar-refractivity contribution in [2.24, 2.45) is 0 Å². The molecular formula is C24H23BO2S. The summed E-state index contributed by atoms with van der Waals surface area (Å²) in [6.07, 6.45) is 0. The fourth-order valence-electron chi connectivity index (χ4n) is 3.58. The van der Waals surface area contributed by atoms with Gasteiger partial charge >= 0.3 is 7.12 Å². The first-order chi connectivity index (χ1) is 15.4. The highest BCUT2D eigenvalue weighted by Crippen LogP contribution is 2.41. The molecule has 0 spiro atoms. The van der Waals surface area contributed by atoms with E-state index in [1.54, 1.807) is 0 Å². The van der Waals surface area contributed by atoms with Gasteiger partial charge in [-0.25, -0.2) is 0 Å². The standard InChI is InChI=1S/C24H23BO2S/c1-23(2)24(3,4)27-25(26-23)20-15-9-14-19-18-13-8-12-17(21(18)28-22(19)20)16-10-6-5-7-11-16/h5-15H,1-4H3/i5D,6D,7D,10D,11D. The quantitative estimate of drug-likeness (QED) is 0.389. The zero-order valence-electron chi connectivity index (χ0n) is 21.3. The molecule has 0 aliphatic carbocycles. The number of hydrogen-bond donors (Lipinski definition) is 0. The largest absolute Gasteiger partial charge is 0.496 e. The lowest BCUT2D eigenvalue weighted by molar-refractivity contribution is 0.00578. The summed E-state index contributed by atoms with van der Waals surface area (Å²) in [6.45, 7) is 8.09. The molecule has 1 aliphatic heterocycles. The van der Waals surface area contributed by atoms with Crippen LogP contribution in [0.1, 0.15) is 34.5 Å². The fraction of sp³-hybridized carbons (Fsp3) is 0.250. The van der Waals surface area contributed by atoms with Crippen molar-refractivity contribution in [2.45, 2.75) is 38.9 Å². The van der Waals surface area contributed by atoms with E-state index in [-0.39, 0.29) is 35.8 Å². The minimum Gasteiger partial charge on any atom is -0.399 e. The summed E-state index contributed by atoms with van der Waals surface area (Å²) in [5.74, 6) is 0. The topological polar surface area (TPSA) is 18.5 Å². The van der Waals surface area contributed by atoms with Gasteiger partial charge < -0.3 is 9.31 Å². The van der Waals surface area contributed by atoms with E-state index in [1.165, 1.54) is 11.3 Å². The van der Waals surface area contributed by atoms with Crippen molar-refractivity contribution in [2.75, 3.05) is 0 Å². The molecule has 2 nitrogen and oxygen atoms in total. The molecule has 1 aliphatic rings. The molecule has 4 aromatic rings. The van der Waals surface area contributed by atoms with Crippen LogP contribution in [0.4, 0.5) is 0 Å². The van der Waals surface area contributed by atoms with Gasteiger partial charge in [-0.3, -0.25) is 0 Å². The molecule has 2 heterocycles. The average molecular weight is 391 g/mol. The van der Waals surface area contributed by atoms with Gasteiger partial charge in [0.2, 0.25) is 0 Å². The van der Waals surface area contributed by atoms with Crippen LogP contribution in [0.15, 0.2) is 66.6 Å². The lowest BCUT2D eigenvalue weighted by Crippen LogP contribution is -2.41. The molecule has 0 N–H and O–H groups in total. The van der Waals surface area contributed by atoms with Crippen molar-refractivity contribution in [1.82, 2.24) is 0 Å². The van der Waals surface area contributed by atoms with Gasteiger partial charge in [0, 0.05) is 20.2 Å². The van der Waals surface area contributed by atoms with Gasteiger partial charge in [0.05, 0.1) is 18.1 Å². The summed E-state index contributed by atoms with van der Waals surface area (Å²) in [5.41, 5.74) is 0.851. The second kappa shape index (κ2) is 6.18. The van der Waals surface area contributed by atoms with E-state index in [1.807, 2.05) is 64.1 Å². The van der Waals surface area contributed by atoms with E-state index in [9.17, 15) is 0 Å². The second-order valence-electron chi connectivity index (χ2n) is 8.10. The van der Waals surface area contributed by atoms with Crippen LogP contribution in [0.5, 0.6) is 0 Å². The normalized spacial score (nSPS) is 20.7. The Morgan fingerprint density at radius 1 is 0.821 bits per heavy atom. The minimum atomic E-state index is -0.518. The number of hydrogen-bond acceptors (Lipinski definition) is 3. The Labute approximate surface area is 177 Å². The lowest BCUT2D eigenvalue weighted by atomic mass is 9.78. The molecule has 140 valence electrons. The first-order valence-electron chi connectivity index (χ1n) is 11.8. The molecule has 4 heteroatoms. The summed E-state index contributed by atoms with van der Waals surface area (Å²) in [4.78, 5) is 0. The smallest absolute Gasteiger partial charge is 0.399 e. The number of thiophene rings is 1. The Bertz CT molecular complexity index is 1400. The maximum absolute atomic E-state index is 8.44. The minimum absolute atomic E-state index is 0.197. The molecule has 0 atom stereocenters. The molecule has 1 aromatic heterocycles. The van der Waals surface area contributed by atoms with E-state index in [0.29, 0.717) is 5.56 Å². The second-order valence-corrected chi connectivity index (χ2v) is 9.12. The summed E-state index contributed by atoms with van der Waals surface area (Å²) in [7, 11) is -0.518. The first kappa shape index (κ1) is 13.2. The van der Waals surface area contributed by atoms with Crippen LogP contribution in [0, 0.1) is 0 Å². The van der Waals surface area contributed by atoms with Crippen LogP contribution < -0.4 is 5.46 Å². The number of fused-ring (bicyclic) bond motifs is 3. The molecule has 0 unspecified atom stereocenters. The van der Waals surface area contributed by atoms with Gasteiger partial charge in [-0.05, 0) is 44.2 Å². The van der Waals surface area contributed by atoms with Crippen LogP contribution >= 0.6 is 11.3 Å². The summed E-state index contributed by atoms with van der Waals surface area (Å²) < 4.78 is 55.5. The molecule has 1 fully saturated rings. The van der Waals surface area contributed by atoms with Crippen molar-refractivity contribution < 1.29 is 16.2 Å². The Morgan fingerprint density at radius 2 is 1.43 bits per heavy atom. The Hall–Kier alpha value is -2.14. The Balaban J connectivity index is 1.77. The van der Waals surface area contributed by atoms with Crippen molar-refractivity contribution in [1.29, 1.82) is 0 Å². The Morgan fingerprint density at radius 3 is 2.11 bits per heavy atom. The molecule has 0 bridgehead atoms. The number of benzene rings is 3. The van der Waals surface area contributed by atoms with E-state index < -0.39 is 18.3 Å². The molecule has 28 heavy (non-hydrogen) atoms. The van der Waals surface area contributed by atoms with Crippen molar-refractivity contribution in [3.8, 4) is 11.1 Å². The van der Waals surface area contributed by atoms with E-state index in [2.05, 4.69) is 0 Å². The third kappa shape index (κ3) is 2.63. The SMILES string of the molecule is [2H]c1c([2H])c([2H])c(-c2cccc3c2sc2c(B4OC(C)(C)C(C)(C)O4)cccc23)c([2H])c1[2H]. The highest BCUT2D eigenvalue weighted by Gasteiger charge is 2.52.